The van der Waals surface area contributed by atoms with Crippen molar-refractivity contribution in [3.63, 3.8) is 0 Å². The van der Waals surface area contributed by atoms with Gasteiger partial charge in [0.25, 0.3) is 0 Å². The van der Waals surface area contributed by atoms with Gasteiger partial charge in [-0.3, -0.25) is 0 Å². The third-order valence-electron chi connectivity index (χ3n) is 4.09. The fourth-order valence-corrected chi connectivity index (χ4v) is 2.92. The van der Waals surface area contributed by atoms with Gasteiger partial charge in [-0.15, -0.1) is 0 Å². The van der Waals surface area contributed by atoms with Gasteiger partial charge in [0.15, 0.2) is 5.79 Å². The van der Waals surface area contributed by atoms with E-state index in [4.69, 9.17) is 4.74 Å². The van der Waals surface area contributed by atoms with Crippen LogP contribution in [0.25, 0.3) is 0 Å². The largest absolute Gasteiger partial charge is 0.366 e. The molecule has 1 aromatic rings. The van der Waals surface area contributed by atoms with E-state index in [2.05, 4.69) is 52.0 Å². The van der Waals surface area contributed by atoms with Crippen molar-refractivity contribution in [2.24, 2.45) is 5.41 Å². The minimum Gasteiger partial charge on any atom is -0.366 e. The first-order valence-corrected chi connectivity index (χ1v) is 6.16. The monoisotopic (exact) mass is 234 g/mol. The summed E-state index contributed by atoms with van der Waals surface area (Å²) in [5.41, 5.74) is 1.83. The van der Waals surface area contributed by atoms with Gasteiger partial charge >= 0.3 is 0 Å². The Labute approximate surface area is 104 Å². The Morgan fingerprint density at radius 1 is 1.06 bits per heavy atom. The molecule has 0 spiro atoms. The lowest BCUT2D eigenvalue weighted by Crippen LogP contribution is -2.36. The Bertz CT molecular complexity index is 417. The Morgan fingerprint density at radius 2 is 1.59 bits per heavy atom. The Balaban J connectivity index is 2.45. The second-order valence-corrected chi connectivity index (χ2v) is 6.24. The summed E-state index contributed by atoms with van der Waals surface area (Å²) in [4.78, 5) is 0. The maximum absolute atomic E-state index is 10.2. The SMILES string of the molecule is Cc1ccc(C2(C)OC(C)(O)CC2(C)C)cc1. The number of hydrogen-bond donors (Lipinski definition) is 1. The van der Waals surface area contributed by atoms with E-state index >= 15 is 0 Å². The van der Waals surface area contributed by atoms with Crippen LogP contribution in [0.15, 0.2) is 24.3 Å². The van der Waals surface area contributed by atoms with Gasteiger partial charge in [-0.25, -0.2) is 0 Å². The lowest BCUT2D eigenvalue weighted by Gasteiger charge is -2.37. The summed E-state index contributed by atoms with van der Waals surface area (Å²) >= 11 is 0. The van der Waals surface area contributed by atoms with Gasteiger partial charge in [0.05, 0.1) is 5.60 Å². The summed E-state index contributed by atoms with van der Waals surface area (Å²) < 4.78 is 5.93. The van der Waals surface area contributed by atoms with Crippen LogP contribution < -0.4 is 0 Å². The fraction of sp³-hybridized carbons (Fsp3) is 0.600. The topological polar surface area (TPSA) is 29.5 Å². The zero-order valence-corrected chi connectivity index (χ0v) is 11.4. The number of benzene rings is 1. The van der Waals surface area contributed by atoms with Crippen LogP contribution in [0.2, 0.25) is 0 Å². The van der Waals surface area contributed by atoms with Crippen molar-refractivity contribution >= 4 is 0 Å². The number of rotatable bonds is 1. The molecule has 0 amide bonds. The molecule has 1 saturated heterocycles. The van der Waals surface area contributed by atoms with Crippen molar-refractivity contribution in [2.45, 2.75) is 52.4 Å². The smallest absolute Gasteiger partial charge is 0.164 e. The lowest BCUT2D eigenvalue weighted by atomic mass is 9.71. The highest BCUT2D eigenvalue weighted by Gasteiger charge is 2.56. The van der Waals surface area contributed by atoms with E-state index in [1.165, 1.54) is 5.56 Å². The second-order valence-electron chi connectivity index (χ2n) is 6.24. The molecule has 17 heavy (non-hydrogen) atoms. The van der Waals surface area contributed by atoms with Crippen molar-refractivity contribution in [2.75, 3.05) is 0 Å². The maximum Gasteiger partial charge on any atom is 0.164 e. The highest BCUT2D eigenvalue weighted by Crippen LogP contribution is 2.55. The van der Waals surface area contributed by atoms with E-state index in [9.17, 15) is 5.11 Å². The van der Waals surface area contributed by atoms with Gasteiger partial charge < -0.3 is 9.84 Å². The molecule has 1 N–H and O–H groups in total. The van der Waals surface area contributed by atoms with Crippen LogP contribution in [0.4, 0.5) is 0 Å². The quantitative estimate of drug-likeness (QED) is 0.807. The van der Waals surface area contributed by atoms with Crippen LogP contribution in [-0.4, -0.2) is 10.9 Å². The molecule has 2 atom stereocenters. The summed E-state index contributed by atoms with van der Waals surface area (Å²) in [7, 11) is 0. The standard InChI is InChI=1S/C15H22O2/c1-11-6-8-12(9-7-11)15(5)13(2,3)10-14(4,16)17-15/h6-9,16H,10H2,1-5H3. The Morgan fingerprint density at radius 3 is 2.00 bits per heavy atom. The van der Waals surface area contributed by atoms with Crippen LogP contribution in [-0.2, 0) is 10.3 Å². The zero-order chi connectivity index (χ0) is 12.9. The van der Waals surface area contributed by atoms with E-state index in [0.717, 1.165) is 5.56 Å². The third-order valence-corrected chi connectivity index (χ3v) is 4.09. The van der Waals surface area contributed by atoms with E-state index in [0.29, 0.717) is 6.42 Å². The van der Waals surface area contributed by atoms with Gasteiger partial charge in [-0.2, -0.15) is 0 Å². The molecule has 2 rings (SSSR count). The molecular weight excluding hydrogens is 212 g/mol. The van der Waals surface area contributed by atoms with Crippen molar-refractivity contribution < 1.29 is 9.84 Å². The van der Waals surface area contributed by atoms with Gasteiger partial charge in [-0.1, -0.05) is 43.7 Å². The van der Waals surface area contributed by atoms with Crippen molar-refractivity contribution in [3.8, 4) is 0 Å². The number of hydrogen-bond acceptors (Lipinski definition) is 2. The molecule has 0 aromatic heterocycles. The molecule has 1 aromatic carbocycles. The minimum atomic E-state index is -1.04. The fourth-order valence-electron chi connectivity index (χ4n) is 2.92. The van der Waals surface area contributed by atoms with E-state index < -0.39 is 11.4 Å². The third kappa shape index (κ3) is 2.00. The van der Waals surface area contributed by atoms with E-state index in [1.807, 2.05) is 0 Å². The highest BCUT2D eigenvalue weighted by atomic mass is 16.6. The molecule has 1 fully saturated rings. The molecule has 0 radical (unpaired) electrons. The predicted octanol–water partition coefficient (Wildman–Crippen LogP) is 3.37. The van der Waals surface area contributed by atoms with Crippen LogP contribution in [0.3, 0.4) is 0 Å². The molecule has 2 heteroatoms. The number of ether oxygens (including phenoxy) is 1. The van der Waals surface area contributed by atoms with Gasteiger partial charge in [0, 0.05) is 11.8 Å². The first-order chi connectivity index (χ1) is 7.66. The first-order valence-electron chi connectivity index (χ1n) is 6.16. The van der Waals surface area contributed by atoms with Crippen LogP contribution in [0, 0.1) is 12.3 Å². The van der Waals surface area contributed by atoms with E-state index in [-0.39, 0.29) is 5.41 Å². The van der Waals surface area contributed by atoms with Crippen molar-refractivity contribution in [1.82, 2.24) is 0 Å². The molecule has 0 saturated carbocycles. The Hall–Kier alpha value is -0.860. The minimum absolute atomic E-state index is 0.0915. The highest BCUT2D eigenvalue weighted by molar-refractivity contribution is 5.29. The Kier molecular flexibility index (Phi) is 2.64. The molecular formula is C15H22O2. The molecule has 2 unspecified atom stereocenters. The number of aliphatic hydroxyl groups is 1. The van der Waals surface area contributed by atoms with Crippen molar-refractivity contribution in [3.05, 3.63) is 35.4 Å². The molecule has 0 aliphatic carbocycles. The molecule has 94 valence electrons. The normalized spacial score (nSPS) is 36.1. The summed E-state index contributed by atoms with van der Waals surface area (Å²) in [6.07, 6.45) is 0.643. The summed E-state index contributed by atoms with van der Waals surface area (Å²) in [6, 6.07) is 8.37. The van der Waals surface area contributed by atoms with Crippen LogP contribution in [0.5, 0.6) is 0 Å². The summed E-state index contributed by atoms with van der Waals surface area (Å²) in [5, 5.41) is 10.2. The zero-order valence-electron chi connectivity index (χ0n) is 11.4. The maximum atomic E-state index is 10.2. The average molecular weight is 234 g/mol. The van der Waals surface area contributed by atoms with Crippen LogP contribution in [0.1, 0.15) is 45.2 Å². The average Bonchev–Trinajstić information content (AvgIpc) is 2.32. The van der Waals surface area contributed by atoms with Gasteiger partial charge in [0.1, 0.15) is 0 Å². The van der Waals surface area contributed by atoms with Crippen molar-refractivity contribution in [1.29, 1.82) is 0 Å². The molecule has 1 heterocycles. The van der Waals surface area contributed by atoms with Gasteiger partial charge in [-0.05, 0) is 26.3 Å². The summed E-state index contributed by atoms with van der Waals surface area (Å²) in [6.45, 7) is 10.2. The van der Waals surface area contributed by atoms with Gasteiger partial charge in [0.2, 0.25) is 0 Å². The van der Waals surface area contributed by atoms with E-state index in [1.54, 1.807) is 6.92 Å². The second kappa shape index (κ2) is 3.56. The molecule has 2 nitrogen and oxygen atoms in total. The predicted molar refractivity (Wildman–Crippen MR) is 68.6 cm³/mol. The summed E-state index contributed by atoms with van der Waals surface area (Å²) in [5.74, 6) is -1.04. The molecule has 1 aliphatic rings. The first kappa shape index (κ1) is 12.6. The van der Waals surface area contributed by atoms with Crippen LogP contribution >= 0.6 is 0 Å². The number of aryl methyl sites for hydroxylation is 1. The molecule has 0 bridgehead atoms. The molecule has 1 aliphatic heterocycles. The lowest BCUT2D eigenvalue weighted by molar-refractivity contribution is -0.215.